The van der Waals surface area contributed by atoms with E-state index < -0.39 is 0 Å². The van der Waals surface area contributed by atoms with Crippen molar-refractivity contribution in [3.05, 3.63) is 70.2 Å². The van der Waals surface area contributed by atoms with E-state index in [2.05, 4.69) is 21.6 Å². The Kier molecular flexibility index (Phi) is 5.90. The lowest BCUT2D eigenvalue weighted by Gasteiger charge is -2.17. The van der Waals surface area contributed by atoms with Crippen molar-refractivity contribution in [2.75, 3.05) is 16.8 Å². The Labute approximate surface area is 180 Å². The van der Waals surface area contributed by atoms with E-state index in [9.17, 15) is 9.59 Å². The van der Waals surface area contributed by atoms with Gasteiger partial charge in [0, 0.05) is 31.0 Å². The van der Waals surface area contributed by atoms with Crippen LogP contribution in [-0.2, 0) is 16.0 Å². The van der Waals surface area contributed by atoms with Crippen molar-refractivity contribution in [3.63, 3.8) is 0 Å². The summed E-state index contributed by atoms with van der Waals surface area (Å²) >= 11 is 1.35. The van der Waals surface area contributed by atoms with Gasteiger partial charge >= 0.3 is 0 Å². The Balaban J connectivity index is 1.37. The Morgan fingerprint density at radius 1 is 1.13 bits per heavy atom. The molecule has 1 fully saturated rings. The third-order valence-electron chi connectivity index (χ3n) is 5.16. The lowest BCUT2D eigenvalue weighted by Crippen LogP contribution is -2.24. The van der Waals surface area contributed by atoms with E-state index in [-0.39, 0.29) is 17.7 Å². The predicted molar refractivity (Wildman–Crippen MR) is 119 cm³/mol. The zero-order chi connectivity index (χ0) is 21.1. The van der Waals surface area contributed by atoms with Gasteiger partial charge in [0.25, 0.3) is 0 Å². The Bertz CT molecular complexity index is 1040. The highest BCUT2D eigenvalue weighted by Gasteiger charge is 2.34. The van der Waals surface area contributed by atoms with Gasteiger partial charge in [-0.2, -0.15) is 0 Å². The molecule has 0 unspecified atom stereocenters. The van der Waals surface area contributed by atoms with Crippen LogP contribution in [0.25, 0.3) is 0 Å². The van der Waals surface area contributed by atoms with Crippen LogP contribution in [-0.4, -0.2) is 28.6 Å². The van der Waals surface area contributed by atoms with E-state index in [1.54, 1.807) is 0 Å². The quantitative estimate of drug-likeness (QED) is 0.647. The smallest absolute Gasteiger partial charge is 0.227 e. The Hall–Kier alpha value is -3.06. The van der Waals surface area contributed by atoms with Gasteiger partial charge in [0.05, 0.1) is 0 Å². The fourth-order valence-electron chi connectivity index (χ4n) is 3.76. The largest absolute Gasteiger partial charge is 0.312 e. The molecule has 1 aliphatic heterocycles. The molecule has 30 heavy (non-hydrogen) atoms. The number of nitrogens with zero attached hydrogens (tertiary/aromatic N) is 3. The summed E-state index contributed by atoms with van der Waals surface area (Å²) in [5.41, 5.74) is 4.33. The van der Waals surface area contributed by atoms with Crippen LogP contribution in [0.5, 0.6) is 0 Å². The highest BCUT2D eigenvalue weighted by molar-refractivity contribution is 7.15. The minimum Gasteiger partial charge on any atom is -0.312 e. The summed E-state index contributed by atoms with van der Waals surface area (Å²) in [6.07, 6.45) is 1.48. The third-order valence-corrected chi connectivity index (χ3v) is 6.16. The molecule has 4 rings (SSSR count). The zero-order valence-electron chi connectivity index (χ0n) is 17.1. The number of anilines is 2. The van der Waals surface area contributed by atoms with Crippen LogP contribution in [0, 0.1) is 13.8 Å². The summed E-state index contributed by atoms with van der Waals surface area (Å²) in [7, 11) is 0. The molecule has 154 valence electrons. The molecule has 0 saturated carbocycles. The van der Waals surface area contributed by atoms with Gasteiger partial charge in [0.15, 0.2) is 0 Å². The molecule has 2 amide bonds. The molecular weight excluding hydrogens is 396 g/mol. The van der Waals surface area contributed by atoms with Gasteiger partial charge in [-0.3, -0.25) is 9.59 Å². The molecular formula is C23H24N4O2S. The number of aryl methyl sites for hydroxylation is 3. The minimum absolute atomic E-state index is 0.00853. The van der Waals surface area contributed by atoms with Crippen molar-refractivity contribution in [3.8, 4) is 0 Å². The van der Waals surface area contributed by atoms with Gasteiger partial charge in [-0.1, -0.05) is 47.7 Å². The third kappa shape index (κ3) is 4.74. The Morgan fingerprint density at radius 3 is 2.60 bits per heavy atom. The molecule has 6 nitrogen and oxygen atoms in total. The highest BCUT2D eigenvalue weighted by atomic mass is 32.1. The van der Waals surface area contributed by atoms with Gasteiger partial charge in [-0.05, 0) is 49.1 Å². The minimum atomic E-state index is -0.0825. The molecule has 7 heteroatoms. The lowest BCUT2D eigenvalue weighted by atomic mass is 10.1. The zero-order valence-corrected chi connectivity index (χ0v) is 17.9. The number of carbonyl (C=O) groups is 2. The summed E-state index contributed by atoms with van der Waals surface area (Å²) in [4.78, 5) is 26.7. The number of rotatable bonds is 6. The molecule has 1 saturated heterocycles. The SMILES string of the molecule is Cc1cc(C)cc(N2C[C@H](c3nnc(NC(=O)CCc4ccccc4)s3)CC2=O)c1. The van der Waals surface area contributed by atoms with E-state index in [1.807, 2.05) is 61.2 Å². The van der Waals surface area contributed by atoms with Crippen molar-refractivity contribution in [2.45, 2.75) is 39.0 Å². The molecule has 1 aliphatic rings. The summed E-state index contributed by atoms with van der Waals surface area (Å²) in [6, 6.07) is 16.1. The van der Waals surface area contributed by atoms with Crippen LogP contribution in [0.4, 0.5) is 10.8 Å². The summed E-state index contributed by atoms with van der Waals surface area (Å²) in [6.45, 7) is 4.65. The average Bonchev–Trinajstić information content (AvgIpc) is 3.33. The number of hydrogen-bond acceptors (Lipinski definition) is 5. The van der Waals surface area contributed by atoms with Crippen LogP contribution in [0.2, 0.25) is 0 Å². The first-order valence-corrected chi connectivity index (χ1v) is 10.9. The number of carbonyl (C=O) groups excluding carboxylic acids is 2. The van der Waals surface area contributed by atoms with Gasteiger partial charge in [-0.15, -0.1) is 10.2 Å². The number of aromatic nitrogens is 2. The first kappa shape index (κ1) is 20.2. The van der Waals surface area contributed by atoms with Gasteiger partial charge in [0.1, 0.15) is 5.01 Å². The molecule has 0 aliphatic carbocycles. The first-order chi connectivity index (χ1) is 14.5. The molecule has 1 atom stereocenters. The first-order valence-electron chi connectivity index (χ1n) is 10.0. The monoisotopic (exact) mass is 420 g/mol. The summed E-state index contributed by atoms with van der Waals surface area (Å²) in [5, 5.41) is 12.5. The average molecular weight is 421 g/mol. The maximum Gasteiger partial charge on any atom is 0.227 e. The predicted octanol–water partition coefficient (Wildman–Crippen LogP) is 4.25. The topological polar surface area (TPSA) is 75.2 Å². The van der Waals surface area contributed by atoms with E-state index in [4.69, 9.17) is 0 Å². The van der Waals surface area contributed by atoms with Crippen LogP contribution in [0.15, 0.2) is 48.5 Å². The molecule has 1 N–H and O–H groups in total. The molecule has 0 spiro atoms. The maximum absolute atomic E-state index is 12.6. The van der Waals surface area contributed by atoms with Crippen molar-refractivity contribution < 1.29 is 9.59 Å². The lowest BCUT2D eigenvalue weighted by molar-refractivity contribution is -0.117. The second-order valence-corrected chi connectivity index (χ2v) is 8.74. The van der Waals surface area contributed by atoms with Crippen LogP contribution in [0.3, 0.4) is 0 Å². The number of amides is 2. The molecule has 2 heterocycles. The van der Waals surface area contributed by atoms with Crippen molar-refractivity contribution in [1.29, 1.82) is 0 Å². The van der Waals surface area contributed by atoms with E-state index >= 15 is 0 Å². The second kappa shape index (κ2) is 8.75. The maximum atomic E-state index is 12.6. The van der Waals surface area contributed by atoms with Crippen LogP contribution >= 0.6 is 11.3 Å². The van der Waals surface area contributed by atoms with E-state index in [0.29, 0.717) is 30.9 Å². The standard InChI is InChI=1S/C23H24N4O2S/c1-15-10-16(2)12-19(11-15)27-14-18(13-21(27)29)22-25-26-23(30-22)24-20(28)9-8-17-6-4-3-5-7-17/h3-7,10-12,18H,8-9,13-14H2,1-2H3,(H,24,26,28)/t18-/m1/s1. The van der Waals surface area contributed by atoms with Gasteiger partial charge in [-0.25, -0.2) is 0 Å². The molecule has 0 radical (unpaired) electrons. The molecule has 0 bridgehead atoms. The van der Waals surface area contributed by atoms with E-state index in [1.165, 1.54) is 11.3 Å². The molecule has 3 aromatic rings. The number of benzene rings is 2. The van der Waals surface area contributed by atoms with Crippen LogP contribution < -0.4 is 10.2 Å². The number of hydrogen-bond donors (Lipinski definition) is 1. The molecule has 1 aromatic heterocycles. The highest BCUT2D eigenvalue weighted by Crippen LogP contribution is 2.34. The Morgan fingerprint density at radius 2 is 1.87 bits per heavy atom. The van der Waals surface area contributed by atoms with Crippen molar-refractivity contribution >= 4 is 34.0 Å². The fourth-order valence-corrected chi connectivity index (χ4v) is 4.61. The van der Waals surface area contributed by atoms with Crippen molar-refractivity contribution in [2.24, 2.45) is 0 Å². The van der Waals surface area contributed by atoms with Gasteiger partial charge < -0.3 is 10.2 Å². The molecule has 2 aromatic carbocycles. The summed E-state index contributed by atoms with van der Waals surface area (Å²) < 4.78 is 0. The number of nitrogens with one attached hydrogen (secondary N) is 1. The van der Waals surface area contributed by atoms with Gasteiger partial charge in [0.2, 0.25) is 16.9 Å². The fraction of sp³-hybridized carbons (Fsp3) is 0.304. The summed E-state index contributed by atoms with van der Waals surface area (Å²) in [5.74, 6) is 0.000324. The normalized spacial score (nSPS) is 16.1. The second-order valence-electron chi connectivity index (χ2n) is 7.73. The van der Waals surface area contributed by atoms with Crippen molar-refractivity contribution in [1.82, 2.24) is 10.2 Å². The van der Waals surface area contributed by atoms with E-state index in [0.717, 1.165) is 27.4 Å². The van der Waals surface area contributed by atoms with Crippen LogP contribution in [0.1, 0.15) is 40.5 Å².